The first kappa shape index (κ1) is 21.2. The first-order chi connectivity index (χ1) is 9.71. The molecule has 0 bridgehead atoms. The molecule has 6 nitrogen and oxygen atoms in total. The van der Waals surface area contributed by atoms with Crippen molar-refractivity contribution in [3.63, 3.8) is 0 Å². The highest BCUT2D eigenvalue weighted by Gasteiger charge is 2.10. The number of nitrogens with one attached hydrogen (secondary N) is 2. The molecule has 0 aromatic carbocycles. The summed E-state index contributed by atoms with van der Waals surface area (Å²) in [6.07, 6.45) is 1.79. The molecule has 0 aliphatic rings. The van der Waals surface area contributed by atoms with Crippen LogP contribution in [0.5, 0.6) is 0 Å². The van der Waals surface area contributed by atoms with E-state index in [-0.39, 0.29) is 35.8 Å². The highest BCUT2D eigenvalue weighted by atomic mass is 127. The third-order valence-corrected chi connectivity index (χ3v) is 4.10. The molecule has 1 rings (SSSR count). The van der Waals surface area contributed by atoms with Crippen LogP contribution < -0.4 is 10.6 Å². The summed E-state index contributed by atoms with van der Waals surface area (Å²) in [5.41, 5.74) is 1.08. The molecule has 0 amide bonds. The number of hydrogen-bond acceptors (Lipinski definition) is 4. The van der Waals surface area contributed by atoms with Gasteiger partial charge in [-0.2, -0.15) is 0 Å². The Morgan fingerprint density at radius 3 is 2.50 bits per heavy atom. The Labute approximate surface area is 150 Å². The van der Waals surface area contributed by atoms with Gasteiger partial charge in [-0.05, 0) is 33.3 Å². The molecule has 1 heterocycles. The fraction of sp³-hybridized carbons (Fsp3) is 0.643. The van der Waals surface area contributed by atoms with Crippen LogP contribution >= 0.6 is 24.0 Å². The molecule has 1 unspecified atom stereocenters. The van der Waals surface area contributed by atoms with Crippen LogP contribution in [-0.2, 0) is 16.4 Å². The van der Waals surface area contributed by atoms with Crippen LogP contribution in [-0.4, -0.2) is 39.5 Å². The average molecular weight is 443 g/mol. The lowest BCUT2D eigenvalue weighted by atomic mass is 10.2. The third kappa shape index (κ3) is 8.02. The van der Waals surface area contributed by atoms with Crippen LogP contribution in [0.4, 0.5) is 0 Å². The van der Waals surface area contributed by atoms with Gasteiger partial charge < -0.3 is 15.1 Å². The normalized spacial score (nSPS) is 13.4. The van der Waals surface area contributed by atoms with E-state index in [2.05, 4.69) is 15.6 Å². The van der Waals surface area contributed by atoms with Crippen LogP contribution in [0.1, 0.15) is 30.4 Å². The number of nitrogens with zero attached hydrogens (tertiary/aromatic N) is 1. The minimum absolute atomic E-state index is 0. The van der Waals surface area contributed by atoms with Gasteiger partial charge in [0.25, 0.3) is 0 Å². The van der Waals surface area contributed by atoms with E-state index < -0.39 is 9.84 Å². The van der Waals surface area contributed by atoms with Gasteiger partial charge in [-0.25, -0.2) is 8.42 Å². The van der Waals surface area contributed by atoms with E-state index >= 15 is 0 Å². The van der Waals surface area contributed by atoms with Crippen LogP contribution in [0.15, 0.2) is 15.5 Å². The molecule has 22 heavy (non-hydrogen) atoms. The highest BCUT2D eigenvalue weighted by Crippen LogP contribution is 2.12. The summed E-state index contributed by atoms with van der Waals surface area (Å²) in [7, 11) is -1.25. The van der Waals surface area contributed by atoms with Crippen molar-refractivity contribution in [2.45, 2.75) is 39.8 Å². The number of aliphatic imine (C=N–C) groups is 1. The average Bonchev–Trinajstić information content (AvgIpc) is 2.69. The number of halogens is 1. The second-order valence-electron chi connectivity index (χ2n) is 5.33. The van der Waals surface area contributed by atoms with Crippen molar-refractivity contribution in [3.05, 3.63) is 23.2 Å². The maximum absolute atomic E-state index is 11.2. The Morgan fingerprint density at radius 2 is 2.05 bits per heavy atom. The zero-order valence-corrected chi connectivity index (χ0v) is 16.9. The van der Waals surface area contributed by atoms with Crippen molar-refractivity contribution in [1.29, 1.82) is 0 Å². The molecule has 1 aromatic heterocycles. The Kier molecular flexibility index (Phi) is 9.06. The predicted octanol–water partition coefficient (Wildman–Crippen LogP) is 2.00. The van der Waals surface area contributed by atoms with Crippen molar-refractivity contribution < 1.29 is 12.8 Å². The number of sulfone groups is 1. The molecular weight excluding hydrogens is 417 g/mol. The van der Waals surface area contributed by atoms with Gasteiger partial charge >= 0.3 is 0 Å². The lowest BCUT2D eigenvalue weighted by Gasteiger charge is -2.17. The van der Waals surface area contributed by atoms with E-state index in [9.17, 15) is 8.42 Å². The van der Waals surface area contributed by atoms with Crippen molar-refractivity contribution >= 4 is 39.8 Å². The standard InChI is InChI=1S/C14H25N3O3S.HI/c1-10(6-7-21(5,18)19)17-14(15-4)16-9-13-8-11(2)20-12(13)3;/h8,10H,6-7,9H2,1-5H3,(H2,15,16,17);1H. The van der Waals surface area contributed by atoms with E-state index in [4.69, 9.17) is 4.42 Å². The molecular formula is C14H26IN3O3S. The van der Waals surface area contributed by atoms with Gasteiger partial charge in [0.05, 0.1) is 5.75 Å². The van der Waals surface area contributed by atoms with E-state index in [0.717, 1.165) is 17.1 Å². The van der Waals surface area contributed by atoms with Crippen LogP contribution in [0.2, 0.25) is 0 Å². The molecule has 0 saturated carbocycles. The molecule has 8 heteroatoms. The van der Waals surface area contributed by atoms with Gasteiger partial charge in [0.2, 0.25) is 0 Å². The Morgan fingerprint density at radius 1 is 1.41 bits per heavy atom. The van der Waals surface area contributed by atoms with E-state index in [1.54, 1.807) is 7.05 Å². The second-order valence-corrected chi connectivity index (χ2v) is 7.59. The topological polar surface area (TPSA) is 83.7 Å². The van der Waals surface area contributed by atoms with Crippen LogP contribution in [0, 0.1) is 13.8 Å². The number of rotatable bonds is 6. The quantitative estimate of drug-likeness (QED) is 0.399. The summed E-state index contributed by atoms with van der Waals surface area (Å²) in [4.78, 5) is 4.14. The van der Waals surface area contributed by atoms with Crippen molar-refractivity contribution in [2.24, 2.45) is 4.99 Å². The Hall–Kier alpha value is -0.770. The lowest BCUT2D eigenvalue weighted by molar-refractivity contribution is 0.500. The first-order valence-corrected chi connectivity index (χ1v) is 8.98. The molecule has 128 valence electrons. The van der Waals surface area contributed by atoms with Gasteiger partial charge in [-0.3, -0.25) is 4.99 Å². The van der Waals surface area contributed by atoms with Crippen molar-refractivity contribution in [3.8, 4) is 0 Å². The molecule has 0 fully saturated rings. The molecule has 0 aliphatic heterocycles. The maximum atomic E-state index is 11.2. The summed E-state index contributed by atoms with van der Waals surface area (Å²) in [5, 5.41) is 6.38. The van der Waals surface area contributed by atoms with Gasteiger partial charge in [0.1, 0.15) is 21.4 Å². The zero-order valence-electron chi connectivity index (χ0n) is 13.8. The monoisotopic (exact) mass is 443 g/mol. The molecule has 0 aliphatic carbocycles. The minimum Gasteiger partial charge on any atom is -0.466 e. The van der Waals surface area contributed by atoms with Crippen molar-refractivity contribution in [1.82, 2.24) is 10.6 Å². The van der Waals surface area contributed by atoms with E-state index in [1.165, 1.54) is 6.26 Å². The number of aryl methyl sites for hydroxylation is 2. The summed E-state index contributed by atoms with van der Waals surface area (Å²) in [6, 6.07) is 2.01. The van der Waals surface area contributed by atoms with Crippen LogP contribution in [0.3, 0.4) is 0 Å². The summed E-state index contributed by atoms with van der Waals surface area (Å²) >= 11 is 0. The summed E-state index contributed by atoms with van der Waals surface area (Å²) < 4.78 is 27.8. The molecule has 1 aromatic rings. The Bertz CT molecular complexity index is 596. The first-order valence-electron chi connectivity index (χ1n) is 6.92. The largest absolute Gasteiger partial charge is 0.466 e. The smallest absolute Gasteiger partial charge is 0.191 e. The molecule has 0 radical (unpaired) electrons. The van der Waals surface area contributed by atoms with Crippen LogP contribution in [0.25, 0.3) is 0 Å². The highest BCUT2D eigenvalue weighted by molar-refractivity contribution is 14.0. The predicted molar refractivity (Wildman–Crippen MR) is 101 cm³/mol. The van der Waals surface area contributed by atoms with E-state index in [0.29, 0.717) is 18.9 Å². The van der Waals surface area contributed by atoms with Crippen molar-refractivity contribution in [2.75, 3.05) is 19.1 Å². The fourth-order valence-corrected chi connectivity index (χ4v) is 2.71. The summed E-state index contributed by atoms with van der Waals surface area (Å²) in [6.45, 7) is 6.39. The zero-order chi connectivity index (χ0) is 16.0. The SMILES string of the molecule is CN=C(NCc1cc(C)oc1C)NC(C)CCS(C)(=O)=O.I. The molecule has 2 N–H and O–H groups in total. The molecule has 0 saturated heterocycles. The summed E-state index contributed by atoms with van der Waals surface area (Å²) in [5.74, 6) is 2.58. The number of furan rings is 1. The van der Waals surface area contributed by atoms with Gasteiger partial charge in [0.15, 0.2) is 5.96 Å². The maximum Gasteiger partial charge on any atom is 0.191 e. The minimum atomic E-state index is -2.93. The number of hydrogen-bond donors (Lipinski definition) is 2. The van der Waals surface area contributed by atoms with E-state index in [1.807, 2.05) is 26.8 Å². The van der Waals surface area contributed by atoms with Gasteiger partial charge in [-0.1, -0.05) is 0 Å². The number of guanidine groups is 1. The third-order valence-electron chi connectivity index (χ3n) is 3.12. The molecule has 0 spiro atoms. The second kappa shape index (κ2) is 9.39. The molecule has 1 atom stereocenters. The lowest BCUT2D eigenvalue weighted by Crippen LogP contribution is -2.42. The fourth-order valence-electron chi connectivity index (χ4n) is 1.93. The van der Waals surface area contributed by atoms with Gasteiger partial charge in [0, 0.05) is 31.5 Å². The van der Waals surface area contributed by atoms with Gasteiger partial charge in [-0.15, -0.1) is 24.0 Å². The Balaban J connectivity index is 0.00000441.